The molecule has 2 rings (SSSR count). The molecular formula is C7H5N4. The van der Waals surface area contributed by atoms with Crippen molar-refractivity contribution in [2.24, 2.45) is 5.10 Å². The highest BCUT2D eigenvalue weighted by Crippen LogP contribution is 2.09. The molecule has 0 aromatic carbocycles. The number of hydrogen-bond acceptors (Lipinski definition) is 3. The SMILES string of the molecule is C1=N[N]C=C1c1ccncn1. The Morgan fingerprint density at radius 1 is 1.27 bits per heavy atom. The molecular weight excluding hydrogens is 140 g/mol. The summed E-state index contributed by atoms with van der Waals surface area (Å²) in [5.74, 6) is 0. The van der Waals surface area contributed by atoms with Crippen LogP contribution in [-0.4, -0.2) is 16.2 Å². The highest BCUT2D eigenvalue weighted by Gasteiger charge is 2.02. The Morgan fingerprint density at radius 2 is 2.27 bits per heavy atom. The maximum Gasteiger partial charge on any atom is 0.116 e. The zero-order chi connectivity index (χ0) is 7.52. The molecule has 1 aliphatic rings. The van der Waals surface area contributed by atoms with Crippen LogP contribution < -0.4 is 5.43 Å². The lowest BCUT2D eigenvalue weighted by atomic mass is 10.2. The Morgan fingerprint density at radius 3 is 2.91 bits per heavy atom. The zero-order valence-electron chi connectivity index (χ0n) is 5.68. The minimum absolute atomic E-state index is 0.852. The lowest BCUT2D eigenvalue weighted by Crippen LogP contribution is -1.87. The predicted octanol–water partition coefficient (Wildman–Crippen LogP) is 0.421. The van der Waals surface area contributed by atoms with E-state index in [1.807, 2.05) is 6.07 Å². The second-order valence-corrected chi connectivity index (χ2v) is 2.04. The third-order valence-electron chi connectivity index (χ3n) is 1.34. The third kappa shape index (κ3) is 1.10. The topological polar surface area (TPSA) is 52.2 Å². The Balaban J connectivity index is 2.37. The molecule has 0 bridgehead atoms. The van der Waals surface area contributed by atoms with Gasteiger partial charge in [0.05, 0.1) is 18.1 Å². The predicted molar refractivity (Wildman–Crippen MR) is 40.6 cm³/mol. The van der Waals surface area contributed by atoms with Crippen molar-refractivity contribution in [3.63, 3.8) is 0 Å². The summed E-state index contributed by atoms with van der Waals surface area (Å²) in [6.07, 6.45) is 6.53. The molecule has 1 aliphatic heterocycles. The fraction of sp³-hybridized carbons (Fsp3) is 0. The number of nitrogens with zero attached hydrogens (tertiary/aromatic N) is 4. The summed E-state index contributed by atoms with van der Waals surface area (Å²) in [6, 6.07) is 1.82. The number of hydrogen-bond donors (Lipinski definition) is 0. The lowest BCUT2D eigenvalue weighted by Gasteiger charge is -1.92. The summed E-state index contributed by atoms with van der Waals surface area (Å²) >= 11 is 0. The first-order valence-electron chi connectivity index (χ1n) is 3.16. The van der Waals surface area contributed by atoms with Crippen molar-refractivity contribution in [1.29, 1.82) is 0 Å². The van der Waals surface area contributed by atoms with E-state index in [1.165, 1.54) is 6.33 Å². The maximum absolute atomic E-state index is 4.03. The van der Waals surface area contributed by atoms with Crippen molar-refractivity contribution in [2.45, 2.75) is 0 Å². The van der Waals surface area contributed by atoms with Crippen LogP contribution in [0.3, 0.4) is 0 Å². The van der Waals surface area contributed by atoms with Gasteiger partial charge >= 0.3 is 0 Å². The van der Waals surface area contributed by atoms with Gasteiger partial charge in [-0.05, 0) is 6.07 Å². The molecule has 0 amide bonds. The van der Waals surface area contributed by atoms with Crippen LogP contribution >= 0.6 is 0 Å². The zero-order valence-corrected chi connectivity index (χ0v) is 5.68. The standard InChI is InChI=1S/C7H5N4/c1-2-8-5-9-7(1)6-3-10-11-4-6/h1-5H. The van der Waals surface area contributed by atoms with Crippen molar-refractivity contribution in [3.8, 4) is 0 Å². The van der Waals surface area contributed by atoms with Crippen LogP contribution in [0.15, 0.2) is 29.9 Å². The van der Waals surface area contributed by atoms with Gasteiger partial charge in [-0.1, -0.05) is 0 Å². The van der Waals surface area contributed by atoms with Crippen LogP contribution in [0.25, 0.3) is 5.57 Å². The molecule has 0 saturated carbocycles. The van der Waals surface area contributed by atoms with Gasteiger partial charge in [-0.3, -0.25) is 0 Å². The van der Waals surface area contributed by atoms with E-state index in [0.717, 1.165) is 11.3 Å². The fourth-order valence-corrected chi connectivity index (χ4v) is 0.818. The molecule has 0 unspecified atom stereocenters. The van der Waals surface area contributed by atoms with Gasteiger partial charge in [0.2, 0.25) is 0 Å². The Kier molecular flexibility index (Phi) is 1.37. The van der Waals surface area contributed by atoms with Gasteiger partial charge < -0.3 is 0 Å². The first-order chi connectivity index (χ1) is 5.47. The summed E-state index contributed by atoms with van der Waals surface area (Å²) in [7, 11) is 0. The Hall–Kier alpha value is -1.71. The maximum atomic E-state index is 4.03. The van der Waals surface area contributed by atoms with Crippen LogP contribution in [-0.2, 0) is 0 Å². The minimum Gasteiger partial charge on any atom is -0.245 e. The molecule has 4 nitrogen and oxygen atoms in total. The normalized spacial score (nSPS) is 14.4. The second-order valence-electron chi connectivity index (χ2n) is 2.04. The van der Waals surface area contributed by atoms with Crippen molar-refractivity contribution in [3.05, 3.63) is 30.5 Å². The molecule has 0 atom stereocenters. The van der Waals surface area contributed by atoms with Crippen LogP contribution in [0.4, 0.5) is 0 Å². The minimum atomic E-state index is 0.852. The molecule has 2 heterocycles. The quantitative estimate of drug-likeness (QED) is 0.575. The van der Waals surface area contributed by atoms with Gasteiger partial charge in [0, 0.05) is 11.8 Å². The van der Waals surface area contributed by atoms with Gasteiger partial charge in [-0.25, -0.2) is 9.97 Å². The van der Waals surface area contributed by atoms with E-state index >= 15 is 0 Å². The largest absolute Gasteiger partial charge is 0.245 e. The fourth-order valence-electron chi connectivity index (χ4n) is 0.818. The van der Waals surface area contributed by atoms with E-state index in [2.05, 4.69) is 20.5 Å². The average Bonchev–Trinajstić information content (AvgIpc) is 2.58. The second kappa shape index (κ2) is 2.49. The van der Waals surface area contributed by atoms with Gasteiger partial charge in [0.1, 0.15) is 6.33 Å². The molecule has 53 valence electrons. The molecule has 0 aliphatic carbocycles. The smallest absolute Gasteiger partial charge is 0.116 e. The Bertz CT molecular complexity index is 301. The number of allylic oxidation sites excluding steroid dienone is 1. The molecule has 1 radical (unpaired) electrons. The van der Waals surface area contributed by atoms with Gasteiger partial charge in [0.25, 0.3) is 0 Å². The summed E-state index contributed by atoms with van der Waals surface area (Å²) in [5.41, 5.74) is 5.46. The summed E-state index contributed by atoms with van der Waals surface area (Å²) in [4.78, 5) is 7.83. The third-order valence-corrected chi connectivity index (χ3v) is 1.34. The van der Waals surface area contributed by atoms with Gasteiger partial charge in [-0.2, -0.15) is 10.5 Å². The molecule has 0 spiro atoms. The van der Waals surface area contributed by atoms with E-state index in [0.29, 0.717) is 0 Å². The van der Waals surface area contributed by atoms with Crippen LogP contribution in [0.1, 0.15) is 5.69 Å². The first kappa shape index (κ1) is 6.03. The Labute approximate surface area is 63.7 Å². The summed E-state index contributed by atoms with van der Waals surface area (Å²) in [5, 5.41) is 3.69. The van der Waals surface area contributed by atoms with Crippen LogP contribution in [0.5, 0.6) is 0 Å². The molecule has 0 fully saturated rings. The molecule has 1 aromatic heterocycles. The van der Waals surface area contributed by atoms with Crippen molar-refractivity contribution < 1.29 is 0 Å². The highest BCUT2D eigenvalue weighted by atomic mass is 15.3. The lowest BCUT2D eigenvalue weighted by molar-refractivity contribution is 0.977. The molecule has 0 N–H and O–H groups in total. The van der Waals surface area contributed by atoms with E-state index < -0.39 is 0 Å². The summed E-state index contributed by atoms with van der Waals surface area (Å²) in [6.45, 7) is 0. The number of rotatable bonds is 1. The highest BCUT2D eigenvalue weighted by molar-refractivity contribution is 6.09. The molecule has 4 heteroatoms. The van der Waals surface area contributed by atoms with E-state index in [4.69, 9.17) is 0 Å². The van der Waals surface area contributed by atoms with Crippen molar-refractivity contribution in [1.82, 2.24) is 15.4 Å². The van der Waals surface area contributed by atoms with Crippen molar-refractivity contribution >= 4 is 11.8 Å². The van der Waals surface area contributed by atoms with Crippen molar-refractivity contribution in [2.75, 3.05) is 0 Å². The molecule has 11 heavy (non-hydrogen) atoms. The van der Waals surface area contributed by atoms with E-state index in [1.54, 1.807) is 18.6 Å². The monoisotopic (exact) mass is 145 g/mol. The van der Waals surface area contributed by atoms with Gasteiger partial charge in [0.15, 0.2) is 0 Å². The molecule has 1 aromatic rings. The average molecular weight is 145 g/mol. The van der Waals surface area contributed by atoms with E-state index in [9.17, 15) is 0 Å². The van der Waals surface area contributed by atoms with E-state index in [-0.39, 0.29) is 0 Å². The van der Waals surface area contributed by atoms with Crippen LogP contribution in [0, 0.1) is 0 Å². The van der Waals surface area contributed by atoms with Crippen LogP contribution in [0.2, 0.25) is 0 Å². The van der Waals surface area contributed by atoms with Gasteiger partial charge in [-0.15, -0.1) is 0 Å². The first-order valence-corrected chi connectivity index (χ1v) is 3.16. The molecule has 0 saturated heterocycles. The number of aromatic nitrogens is 2. The summed E-state index contributed by atoms with van der Waals surface area (Å²) < 4.78 is 0.